The van der Waals surface area contributed by atoms with E-state index >= 15 is 0 Å². The number of ether oxygens (including phenoxy) is 2. The Morgan fingerprint density at radius 1 is 1.03 bits per heavy atom. The third-order valence-corrected chi connectivity index (χ3v) is 6.65. The molecule has 1 saturated carbocycles. The van der Waals surface area contributed by atoms with Gasteiger partial charge in [-0.25, -0.2) is 4.79 Å². The number of carboxylic acid groups (broad SMARTS) is 1. The zero-order chi connectivity index (χ0) is 24.1. The molecule has 0 heterocycles. The van der Waals surface area contributed by atoms with Crippen LogP contribution in [0.1, 0.15) is 36.3 Å². The van der Waals surface area contributed by atoms with Crippen molar-refractivity contribution < 1.29 is 29.0 Å². The number of nitrogens with one attached hydrogen (secondary N) is 1. The van der Waals surface area contributed by atoms with Gasteiger partial charge in [-0.1, -0.05) is 48.5 Å². The number of rotatable bonds is 9. The predicted molar refractivity (Wildman–Crippen MR) is 125 cm³/mol. The molecule has 2 aliphatic carbocycles. The Balaban J connectivity index is 1.31. The molecule has 2 atom stereocenters. The molecule has 2 aliphatic rings. The number of amides is 2. The first-order chi connectivity index (χ1) is 16.5. The minimum Gasteiger partial charge on any atom is -0.480 e. The summed E-state index contributed by atoms with van der Waals surface area (Å²) in [6.45, 7) is 0.372. The van der Waals surface area contributed by atoms with E-state index in [0.717, 1.165) is 11.1 Å². The van der Waals surface area contributed by atoms with Crippen molar-refractivity contribution in [2.24, 2.45) is 5.92 Å². The van der Waals surface area contributed by atoms with Gasteiger partial charge >= 0.3 is 12.1 Å². The van der Waals surface area contributed by atoms with E-state index in [9.17, 15) is 14.4 Å². The van der Waals surface area contributed by atoms with Crippen molar-refractivity contribution in [3.63, 3.8) is 0 Å². The maximum absolute atomic E-state index is 12.8. The number of benzene rings is 2. The lowest BCUT2D eigenvalue weighted by Gasteiger charge is -2.24. The molecule has 2 amide bonds. The molecule has 2 N–H and O–H groups in total. The van der Waals surface area contributed by atoms with E-state index in [1.54, 1.807) is 0 Å². The fourth-order valence-electron chi connectivity index (χ4n) is 5.03. The lowest BCUT2D eigenvalue weighted by Crippen LogP contribution is -2.41. The fraction of sp³-hybridized carbons (Fsp3) is 0.423. The van der Waals surface area contributed by atoms with Crippen molar-refractivity contribution in [3.05, 3.63) is 59.7 Å². The van der Waals surface area contributed by atoms with Crippen LogP contribution in [0.5, 0.6) is 0 Å². The Morgan fingerprint density at radius 2 is 1.68 bits per heavy atom. The Kier molecular flexibility index (Phi) is 7.47. The average Bonchev–Trinajstić information content (AvgIpc) is 3.42. The molecule has 2 aromatic rings. The first-order valence-corrected chi connectivity index (χ1v) is 11.6. The summed E-state index contributed by atoms with van der Waals surface area (Å²) in [4.78, 5) is 37.8. The SMILES string of the molecule is COCCN(CC(=O)O)C(=O)[C@@H]1CC[C@H](NC(=O)OCC2c3ccccc3-c3ccccc32)C1. The molecule has 0 spiro atoms. The van der Waals surface area contributed by atoms with Crippen molar-refractivity contribution >= 4 is 18.0 Å². The summed E-state index contributed by atoms with van der Waals surface area (Å²) >= 11 is 0. The normalized spacial score (nSPS) is 18.7. The average molecular weight is 467 g/mol. The third kappa shape index (κ3) is 5.22. The molecule has 8 nitrogen and oxygen atoms in total. The van der Waals surface area contributed by atoms with E-state index in [1.807, 2.05) is 24.3 Å². The van der Waals surface area contributed by atoms with Crippen LogP contribution in [0, 0.1) is 5.92 Å². The van der Waals surface area contributed by atoms with Gasteiger partial charge in [0.1, 0.15) is 13.2 Å². The van der Waals surface area contributed by atoms with E-state index in [2.05, 4.69) is 29.6 Å². The van der Waals surface area contributed by atoms with Gasteiger partial charge in [0.2, 0.25) is 5.91 Å². The molecule has 34 heavy (non-hydrogen) atoms. The summed E-state index contributed by atoms with van der Waals surface area (Å²) in [7, 11) is 1.51. The molecule has 1 fully saturated rings. The molecule has 0 aromatic heterocycles. The summed E-state index contributed by atoms with van der Waals surface area (Å²) in [5.74, 6) is -1.61. The number of alkyl carbamates (subject to hydrolysis) is 1. The van der Waals surface area contributed by atoms with Crippen LogP contribution in [-0.4, -0.2) is 67.4 Å². The minimum absolute atomic E-state index is 0.0126. The molecule has 8 heteroatoms. The van der Waals surface area contributed by atoms with Gasteiger partial charge in [0, 0.05) is 31.5 Å². The summed E-state index contributed by atoms with van der Waals surface area (Å²) < 4.78 is 10.6. The smallest absolute Gasteiger partial charge is 0.407 e. The molecule has 0 saturated heterocycles. The first-order valence-electron chi connectivity index (χ1n) is 11.6. The van der Waals surface area contributed by atoms with Crippen LogP contribution in [-0.2, 0) is 19.1 Å². The van der Waals surface area contributed by atoms with Crippen molar-refractivity contribution in [2.75, 3.05) is 33.4 Å². The number of carbonyl (C=O) groups excluding carboxylic acids is 2. The fourth-order valence-corrected chi connectivity index (χ4v) is 5.03. The zero-order valence-electron chi connectivity index (χ0n) is 19.2. The van der Waals surface area contributed by atoms with Gasteiger partial charge in [0.05, 0.1) is 6.61 Å². The first kappa shape index (κ1) is 23.8. The predicted octanol–water partition coefficient (Wildman–Crippen LogP) is 3.25. The molecule has 0 bridgehead atoms. The zero-order valence-corrected chi connectivity index (χ0v) is 19.2. The van der Waals surface area contributed by atoms with Crippen LogP contribution in [0.15, 0.2) is 48.5 Å². The van der Waals surface area contributed by atoms with Gasteiger partial charge in [-0.15, -0.1) is 0 Å². The molecule has 180 valence electrons. The minimum atomic E-state index is -1.06. The Hall–Kier alpha value is -3.39. The number of carbonyl (C=O) groups is 3. The monoisotopic (exact) mass is 466 g/mol. The maximum atomic E-state index is 12.8. The molecule has 0 aliphatic heterocycles. The molecule has 4 rings (SSSR count). The van der Waals surface area contributed by atoms with Gasteiger partial charge in [-0.3, -0.25) is 9.59 Å². The molecule has 0 radical (unpaired) electrons. The van der Waals surface area contributed by atoms with Crippen molar-refractivity contribution in [2.45, 2.75) is 31.2 Å². The third-order valence-electron chi connectivity index (χ3n) is 6.65. The highest BCUT2D eigenvalue weighted by Gasteiger charge is 2.35. The van der Waals surface area contributed by atoms with Crippen molar-refractivity contribution in [3.8, 4) is 11.1 Å². The van der Waals surface area contributed by atoms with Gasteiger partial charge in [-0.05, 0) is 41.5 Å². The number of aliphatic carboxylic acids is 1. The lowest BCUT2D eigenvalue weighted by molar-refractivity contribution is -0.146. The summed E-state index contributed by atoms with van der Waals surface area (Å²) in [6.07, 6.45) is 1.20. The summed E-state index contributed by atoms with van der Waals surface area (Å²) in [5.41, 5.74) is 4.64. The molecule has 2 aromatic carbocycles. The van der Waals surface area contributed by atoms with Gasteiger partial charge in [0.15, 0.2) is 0 Å². The number of hydrogen-bond acceptors (Lipinski definition) is 5. The summed E-state index contributed by atoms with van der Waals surface area (Å²) in [6, 6.07) is 16.1. The largest absolute Gasteiger partial charge is 0.480 e. The van der Waals surface area contributed by atoms with Crippen LogP contribution in [0.2, 0.25) is 0 Å². The van der Waals surface area contributed by atoms with Gasteiger partial charge in [-0.2, -0.15) is 0 Å². The van der Waals surface area contributed by atoms with Gasteiger partial charge in [0.25, 0.3) is 0 Å². The number of methoxy groups -OCH3 is 1. The van der Waals surface area contributed by atoms with E-state index < -0.39 is 12.1 Å². The second-order valence-electron chi connectivity index (χ2n) is 8.82. The second kappa shape index (κ2) is 10.7. The quantitative estimate of drug-likeness (QED) is 0.588. The van der Waals surface area contributed by atoms with Crippen LogP contribution < -0.4 is 5.32 Å². The van der Waals surface area contributed by atoms with Crippen LogP contribution in [0.25, 0.3) is 11.1 Å². The second-order valence-corrected chi connectivity index (χ2v) is 8.82. The van der Waals surface area contributed by atoms with Crippen LogP contribution in [0.3, 0.4) is 0 Å². The van der Waals surface area contributed by atoms with Gasteiger partial charge < -0.3 is 24.8 Å². The Labute approximate surface area is 198 Å². The highest BCUT2D eigenvalue weighted by molar-refractivity contribution is 5.83. The Bertz CT molecular complexity index is 1010. The van der Waals surface area contributed by atoms with Crippen molar-refractivity contribution in [1.82, 2.24) is 10.2 Å². The molecular weight excluding hydrogens is 436 g/mol. The number of nitrogens with zero attached hydrogens (tertiary/aromatic N) is 1. The number of fused-ring (bicyclic) bond motifs is 3. The maximum Gasteiger partial charge on any atom is 0.407 e. The van der Waals surface area contributed by atoms with E-state index in [0.29, 0.717) is 19.3 Å². The van der Waals surface area contributed by atoms with Crippen molar-refractivity contribution in [1.29, 1.82) is 0 Å². The number of carboxylic acids is 1. The molecule has 0 unspecified atom stereocenters. The van der Waals surface area contributed by atoms with E-state index in [1.165, 1.54) is 23.1 Å². The van der Waals surface area contributed by atoms with Crippen LogP contribution in [0.4, 0.5) is 4.79 Å². The molecular formula is C26H30N2O6. The Morgan fingerprint density at radius 3 is 2.29 bits per heavy atom. The highest BCUT2D eigenvalue weighted by Crippen LogP contribution is 2.44. The standard InChI is InChI=1S/C26H30N2O6/c1-33-13-12-28(15-24(29)30)25(31)17-10-11-18(14-17)27-26(32)34-16-23-21-8-4-2-6-19(21)20-7-3-5-9-22(20)23/h2-9,17-18,23H,10-16H2,1H3,(H,27,32)(H,29,30)/t17-,18+/m1/s1. The highest BCUT2D eigenvalue weighted by atomic mass is 16.5. The van der Waals surface area contributed by atoms with E-state index in [4.69, 9.17) is 14.6 Å². The van der Waals surface area contributed by atoms with E-state index in [-0.39, 0.29) is 50.1 Å². The topological polar surface area (TPSA) is 105 Å². The lowest BCUT2D eigenvalue weighted by atomic mass is 9.98. The summed E-state index contributed by atoms with van der Waals surface area (Å²) in [5, 5.41) is 12.0. The van der Waals surface area contributed by atoms with Crippen LogP contribution >= 0.6 is 0 Å². The number of hydrogen-bond donors (Lipinski definition) is 2.